The molecule has 12 nitrogen and oxygen atoms in total. The third kappa shape index (κ3) is 6.57. The van der Waals surface area contributed by atoms with Gasteiger partial charge in [0.05, 0.1) is 0 Å². The number of carbonyl (C=O) groups is 1. The van der Waals surface area contributed by atoms with E-state index in [4.69, 9.17) is 19.9 Å². The fourth-order valence-corrected chi connectivity index (χ4v) is 5.69. The normalized spacial score (nSPS) is 40.2. The van der Waals surface area contributed by atoms with E-state index in [-0.39, 0.29) is 5.44 Å². The first-order valence-corrected chi connectivity index (χ1v) is 12.6. The number of nitrogens with two attached hydrogens (primary N) is 1. The van der Waals surface area contributed by atoms with Crippen molar-refractivity contribution in [2.75, 3.05) is 0 Å². The van der Waals surface area contributed by atoms with Crippen LogP contribution in [0.4, 0.5) is 4.79 Å². The van der Waals surface area contributed by atoms with Crippen LogP contribution in [-0.2, 0) is 14.2 Å². The fraction of sp³-hybridized carbons (Fsp3) is 0.667. The van der Waals surface area contributed by atoms with Crippen LogP contribution < -0.4 is 11.1 Å². The number of aliphatic hydroxyl groups excluding tert-OH is 4. The standard InChI is InChI=1S/C13H20N2O5S.C8H12N2O3S/c1-5-6-8(16)9(17)7-10(19-6)21-11(14-7)15-12(18)20-13(2,3)4;1-2-3-5(11)6(12)4-7(13-3)14-8(9)10-4/h5-10,16-17H,1H2,2-4H3,(H,14,15,18);2-7,11-12H,1H2,(H2,9,10)/t6-,7-,8-,9-,10-;3-,4-,5-,6-,7-/m11/s1. The number of alkyl carbamates (subject to hydrolysis) is 1. The maximum absolute atomic E-state index is 11.7. The number of ether oxygens (including phenoxy) is 3. The lowest BCUT2D eigenvalue weighted by Crippen LogP contribution is -2.53. The number of aliphatic imine (C=N–C) groups is 2. The van der Waals surface area contributed by atoms with Crippen LogP contribution >= 0.6 is 23.5 Å². The summed E-state index contributed by atoms with van der Waals surface area (Å²) in [6.07, 6.45) is -3.02. The molecule has 0 aromatic rings. The Hall–Kier alpha value is -1.65. The molecule has 2 fully saturated rings. The third-order valence-corrected chi connectivity index (χ3v) is 7.32. The maximum Gasteiger partial charge on any atom is 0.413 e. The number of carbonyl (C=O) groups excluding carboxylic acids is 1. The lowest BCUT2D eigenvalue weighted by atomic mass is 9.98. The molecular formula is C21H32N4O8S2. The molecule has 4 heterocycles. The molecule has 4 rings (SSSR count). The number of hydrogen-bond donors (Lipinski definition) is 6. The first-order valence-electron chi connectivity index (χ1n) is 10.9. The van der Waals surface area contributed by atoms with Crippen LogP contribution in [0.2, 0.25) is 0 Å². The molecule has 0 bridgehead atoms. The van der Waals surface area contributed by atoms with Gasteiger partial charge in [0.1, 0.15) is 65.2 Å². The van der Waals surface area contributed by atoms with Gasteiger partial charge in [0, 0.05) is 0 Å². The van der Waals surface area contributed by atoms with Crippen molar-refractivity contribution < 1.29 is 39.4 Å². The molecule has 0 saturated carbocycles. The number of nitrogens with zero attached hydrogens (tertiary/aromatic N) is 2. The number of hydrogen-bond acceptors (Lipinski definition) is 13. The largest absolute Gasteiger partial charge is 0.444 e. The van der Waals surface area contributed by atoms with Crippen molar-refractivity contribution in [1.29, 1.82) is 0 Å². The van der Waals surface area contributed by atoms with E-state index < -0.39 is 65.8 Å². The zero-order chi connectivity index (χ0) is 26.1. The highest BCUT2D eigenvalue weighted by atomic mass is 32.2. The highest BCUT2D eigenvalue weighted by Gasteiger charge is 2.48. The van der Waals surface area contributed by atoms with Gasteiger partial charge in [-0.2, -0.15) is 0 Å². The Morgan fingerprint density at radius 2 is 1.46 bits per heavy atom. The van der Waals surface area contributed by atoms with Crippen LogP contribution in [0, 0.1) is 0 Å². The van der Waals surface area contributed by atoms with Crippen molar-refractivity contribution in [2.24, 2.45) is 15.7 Å². The molecule has 0 radical (unpaired) electrons. The number of amidine groups is 2. The Bertz CT molecular complexity index is 882. The Kier molecular flexibility index (Phi) is 8.91. The van der Waals surface area contributed by atoms with Crippen LogP contribution in [0.3, 0.4) is 0 Å². The average Bonchev–Trinajstić information content (AvgIpc) is 3.34. The lowest BCUT2D eigenvalue weighted by Gasteiger charge is -2.36. The van der Waals surface area contributed by atoms with Gasteiger partial charge >= 0.3 is 6.09 Å². The molecule has 10 atom stereocenters. The Morgan fingerprint density at radius 3 is 1.94 bits per heavy atom. The van der Waals surface area contributed by atoms with Gasteiger partial charge in [0.2, 0.25) is 0 Å². The first-order chi connectivity index (χ1) is 16.3. The smallest absolute Gasteiger partial charge is 0.413 e. The van der Waals surface area contributed by atoms with Gasteiger partial charge in [0.25, 0.3) is 0 Å². The SMILES string of the molecule is C=C[C@H]1O[C@@H]2SC(N)=N[C@@H]2[C@@H](O)[C@@H]1O.C=C[C@H]1O[C@@H]2SC(NC(=O)OC(C)(C)C)=N[C@@H]2[C@@H](O)[C@@H]1O. The van der Waals surface area contributed by atoms with Crippen LogP contribution in [0.5, 0.6) is 0 Å². The molecule has 0 unspecified atom stereocenters. The summed E-state index contributed by atoms with van der Waals surface area (Å²) in [5.74, 6) is 0. The number of nitrogens with one attached hydrogen (secondary N) is 1. The number of aliphatic hydroxyl groups is 4. The van der Waals surface area contributed by atoms with E-state index in [1.54, 1.807) is 20.8 Å². The molecule has 35 heavy (non-hydrogen) atoms. The van der Waals surface area contributed by atoms with E-state index in [1.165, 1.54) is 35.7 Å². The van der Waals surface area contributed by atoms with Gasteiger partial charge in [0.15, 0.2) is 10.3 Å². The predicted molar refractivity (Wildman–Crippen MR) is 133 cm³/mol. The molecule has 14 heteroatoms. The molecular weight excluding hydrogens is 500 g/mol. The number of fused-ring (bicyclic) bond motifs is 2. The van der Waals surface area contributed by atoms with Gasteiger partial charge in [-0.25, -0.2) is 4.79 Å². The molecule has 4 aliphatic heterocycles. The van der Waals surface area contributed by atoms with Gasteiger partial charge in [-0.15, -0.1) is 13.2 Å². The second-order valence-corrected chi connectivity index (χ2v) is 11.3. The molecule has 0 spiro atoms. The first kappa shape index (κ1) is 27.9. The lowest BCUT2D eigenvalue weighted by molar-refractivity contribution is -0.135. The van der Waals surface area contributed by atoms with Crippen molar-refractivity contribution >= 4 is 40.0 Å². The van der Waals surface area contributed by atoms with Crippen molar-refractivity contribution in [3.63, 3.8) is 0 Å². The third-order valence-electron chi connectivity index (χ3n) is 5.29. The second kappa shape index (κ2) is 11.2. The van der Waals surface area contributed by atoms with Crippen LogP contribution in [0.15, 0.2) is 35.3 Å². The van der Waals surface area contributed by atoms with E-state index in [2.05, 4.69) is 28.5 Å². The minimum atomic E-state index is -1.09. The summed E-state index contributed by atoms with van der Waals surface area (Å²) in [5, 5.41) is 42.4. The van der Waals surface area contributed by atoms with Crippen LogP contribution in [-0.4, -0.2) is 102 Å². The van der Waals surface area contributed by atoms with Gasteiger partial charge in [-0.3, -0.25) is 15.3 Å². The van der Waals surface area contributed by atoms with Crippen molar-refractivity contribution in [1.82, 2.24) is 5.32 Å². The van der Waals surface area contributed by atoms with Crippen molar-refractivity contribution in [3.8, 4) is 0 Å². The molecule has 4 aliphatic rings. The van der Waals surface area contributed by atoms with Crippen molar-refractivity contribution in [2.45, 2.75) is 86.0 Å². The van der Waals surface area contributed by atoms with Gasteiger partial charge < -0.3 is 40.4 Å². The second-order valence-electron chi connectivity index (χ2n) is 9.12. The number of amides is 1. The fourth-order valence-electron chi connectivity index (χ4n) is 3.63. The van der Waals surface area contributed by atoms with E-state index in [1.807, 2.05) is 0 Å². The summed E-state index contributed by atoms with van der Waals surface area (Å²) in [5.41, 5.74) is 4.11. The highest BCUT2D eigenvalue weighted by Crippen LogP contribution is 2.36. The summed E-state index contributed by atoms with van der Waals surface area (Å²) in [4.78, 5) is 19.9. The van der Waals surface area contributed by atoms with E-state index in [0.717, 1.165) is 0 Å². The molecule has 0 aromatic heterocycles. The summed E-state index contributed by atoms with van der Waals surface area (Å²) in [6.45, 7) is 12.4. The summed E-state index contributed by atoms with van der Waals surface area (Å²) in [6, 6.07) is -1.10. The Balaban J connectivity index is 0.000000211. The van der Waals surface area contributed by atoms with Gasteiger partial charge in [-0.1, -0.05) is 35.7 Å². The zero-order valence-electron chi connectivity index (χ0n) is 19.6. The Labute approximate surface area is 211 Å². The summed E-state index contributed by atoms with van der Waals surface area (Å²) < 4.78 is 16.2. The molecule has 7 N–H and O–H groups in total. The molecule has 0 aliphatic carbocycles. The quantitative estimate of drug-likeness (QED) is 0.255. The Morgan fingerprint density at radius 1 is 0.971 bits per heavy atom. The monoisotopic (exact) mass is 532 g/mol. The minimum absolute atomic E-state index is 0.301. The average molecular weight is 533 g/mol. The molecule has 2 saturated heterocycles. The van der Waals surface area contributed by atoms with E-state index in [9.17, 15) is 25.2 Å². The minimum Gasteiger partial charge on any atom is -0.444 e. The zero-order valence-corrected chi connectivity index (χ0v) is 21.2. The molecule has 0 aromatic carbocycles. The predicted octanol–water partition coefficient (Wildman–Crippen LogP) is -0.336. The molecule has 1 amide bonds. The summed E-state index contributed by atoms with van der Waals surface area (Å²) in [7, 11) is 0. The number of thioether (sulfide) groups is 2. The number of rotatable bonds is 2. The topological polar surface area (TPSA) is 188 Å². The van der Waals surface area contributed by atoms with Gasteiger partial charge in [-0.05, 0) is 20.8 Å². The van der Waals surface area contributed by atoms with Crippen LogP contribution in [0.25, 0.3) is 0 Å². The molecule has 196 valence electrons. The maximum atomic E-state index is 11.7. The van der Waals surface area contributed by atoms with Crippen molar-refractivity contribution in [3.05, 3.63) is 25.3 Å². The van der Waals surface area contributed by atoms with E-state index >= 15 is 0 Å². The highest BCUT2D eigenvalue weighted by molar-refractivity contribution is 8.14. The van der Waals surface area contributed by atoms with Crippen LogP contribution in [0.1, 0.15) is 20.8 Å². The van der Waals surface area contributed by atoms with E-state index in [0.29, 0.717) is 10.3 Å². The summed E-state index contributed by atoms with van der Waals surface area (Å²) >= 11 is 2.43.